The maximum Gasteiger partial charge on any atom is 0.640 e. The van der Waals surface area contributed by atoms with Crippen molar-refractivity contribution in [2.75, 3.05) is 40.1 Å². The normalized spacial score (nSPS) is 21.8. The Morgan fingerprint density at radius 2 is 1.18 bits per heavy atom. The Hall–Kier alpha value is -7.16. The van der Waals surface area contributed by atoms with Gasteiger partial charge in [0.05, 0.1) is 83.9 Å². The molecular formula is C84H129B2N11O13. The molecule has 14 rings (SSSR count). The molecule has 5 aromatic heterocycles. The van der Waals surface area contributed by atoms with Crippen LogP contribution < -0.4 is 15.1 Å². The number of benzene rings is 2. The predicted octanol–water partition coefficient (Wildman–Crippen LogP) is 17.9. The number of H-pyrrole nitrogens is 1. The van der Waals surface area contributed by atoms with E-state index in [-0.39, 0.29) is 65.6 Å². The first-order valence-electron chi connectivity index (χ1n) is 40.7. The van der Waals surface area contributed by atoms with Gasteiger partial charge in [-0.1, -0.05) is 97.0 Å². The molecule has 110 heavy (non-hydrogen) atoms. The van der Waals surface area contributed by atoms with Crippen LogP contribution in [-0.4, -0.2) is 150 Å². The molecule has 11 heterocycles. The summed E-state index contributed by atoms with van der Waals surface area (Å²) in [5.74, 6) is 2.84. The fraction of sp³-hybridized carbons (Fsp3) is 0.655. The van der Waals surface area contributed by atoms with Gasteiger partial charge in [-0.25, -0.2) is 23.5 Å². The van der Waals surface area contributed by atoms with Crippen LogP contribution in [0, 0.1) is 0 Å². The zero-order valence-electron chi connectivity index (χ0n) is 69.8. The minimum Gasteiger partial charge on any atom is -0.502 e. The molecule has 7 aliphatic rings. The zero-order chi connectivity index (χ0) is 79.3. The van der Waals surface area contributed by atoms with E-state index in [1.807, 2.05) is 93.5 Å². The second-order valence-corrected chi connectivity index (χ2v) is 33.0. The smallest absolute Gasteiger partial charge is 0.502 e. The van der Waals surface area contributed by atoms with Gasteiger partial charge in [-0.2, -0.15) is 20.4 Å². The van der Waals surface area contributed by atoms with E-state index in [1.165, 1.54) is 48.9 Å². The lowest BCUT2D eigenvalue weighted by Crippen LogP contribution is -2.42. The largest absolute Gasteiger partial charge is 0.640 e. The van der Waals surface area contributed by atoms with Gasteiger partial charge in [-0.15, -0.1) is 5.10 Å². The maximum atomic E-state index is 12.7. The monoisotopic (exact) mass is 1520 g/mol. The fourth-order valence-corrected chi connectivity index (χ4v) is 13.3. The summed E-state index contributed by atoms with van der Waals surface area (Å²) in [5.41, 5.74) is 8.92. The number of hydrogen-bond donors (Lipinski definition) is 1. The number of rotatable bonds is 19. The lowest BCUT2D eigenvalue weighted by molar-refractivity contribution is -0.0397. The molecule has 1 aliphatic carbocycles. The van der Waals surface area contributed by atoms with Crippen molar-refractivity contribution in [3.63, 3.8) is 0 Å². The molecule has 1 saturated carbocycles. The van der Waals surface area contributed by atoms with Crippen LogP contribution in [0.3, 0.4) is 0 Å². The minimum absolute atomic E-state index is 0.00161. The fourth-order valence-electron chi connectivity index (χ4n) is 13.3. The molecule has 6 aliphatic heterocycles. The van der Waals surface area contributed by atoms with E-state index in [0.29, 0.717) is 42.0 Å². The average Bonchev–Trinajstić information content (AvgIpc) is 1.60. The third-order valence-corrected chi connectivity index (χ3v) is 21.6. The number of allylic oxidation sites excluding steroid dienone is 1. The van der Waals surface area contributed by atoms with Crippen LogP contribution in [0.5, 0.6) is 11.6 Å². The number of nitrogens with one attached hydrogen (secondary N) is 1. The highest BCUT2D eigenvalue weighted by atomic mass is 16.8. The van der Waals surface area contributed by atoms with E-state index in [0.717, 1.165) is 130 Å². The topological polar surface area (TPSA) is 241 Å². The molecule has 1 N–H and O–H groups in total. The number of carbonyl (C=O) groups excluding carboxylic acids is 1. The Bertz CT molecular complexity index is 3830. The van der Waals surface area contributed by atoms with Gasteiger partial charge in [0.1, 0.15) is 24.3 Å². The van der Waals surface area contributed by atoms with Gasteiger partial charge in [0.25, 0.3) is 0 Å². The molecule has 26 heteroatoms. The molecule has 604 valence electrons. The van der Waals surface area contributed by atoms with Crippen LogP contribution in [0.15, 0.2) is 97.5 Å². The summed E-state index contributed by atoms with van der Waals surface area (Å²) in [7, 11) is 0.719. The number of ether oxygens (including phenoxy) is 7. The van der Waals surface area contributed by atoms with Gasteiger partial charge >= 0.3 is 20.4 Å². The Morgan fingerprint density at radius 1 is 0.609 bits per heavy atom. The first kappa shape index (κ1) is 86.8. The molecule has 7 aromatic rings. The van der Waals surface area contributed by atoms with Crippen molar-refractivity contribution in [2.24, 2.45) is 0 Å². The van der Waals surface area contributed by atoms with Gasteiger partial charge in [0, 0.05) is 44.0 Å². The van der Waals surface area contributed by atoms with Crippen molar-refractivity contribution in [1.29, 1.82) is 0 Å². The Morgan fingerprint density at radius 3 is 1.65 bits per heavy atom. The minimum atomic E-state index is -0.524. The van der Waals surface area contributed by atoms with E-state index < -0.39 is 20.4 Å². The number of aromatic nitrogens is 11. The van der Waals surface area contributed by atoms with Crippen molar-refractivity contribution in [3.05, 3.63) is 137 Å². The second kappa shape index (κ2) is 40.5. The Kier molecular flexibility index (Phi) is 32.0. The molecule has 0 spiro atoms. The molecule has 6 fully saturated rings. The summed E-state index contributed by atoms with van der Waals surface area (Å²) >= 11 is 0. The molecule has 5 saturated heterocycles. The van der Waals surface area contributed by atoms with Gasteiger partial charge in [-0.05, 0) is 261 Å². The Balaban J connectivity index is 0.000000178. The molecule has 0 bridgehead atoms. The highest BCUT2D eigenvalue weighted by Gasteiger charge is 2.54. The van der Waals surface area contributed by atoms with E-state index in [1.54, 1.807) is 31.2 Å². The lowest BCUT2D eigenvalue weighted by atomic mass is 9.82. The predicted molar refractivity (Wildman–Crippen MR) is 430 cm³/mol. The van der Waals surface area contributed by atoms with Gasteiger partial charge in [0.15, 0.2) is 6.23 Å². The molecule has 3 atom stereocenters. The van der Waals surface area contributed by atoms with Crippen molar-refractivity contribution in [2.45, 2.75) is 317 Å². The molecular weight excluding hydrogens is 1390 g/mol. The van der Waals surface area contributed by atoms with Crippen LogP contribution in [0.25, 0.3) is 11.3 Å². The number of nitrogens with zero attached hydrogens (tertiary/aromatic N) is 10. The van der Waals surface area contributed by atoms with E-state index >= 15 is 0 Å². The lowest BCUT2D eigenvalue weighted by Gasteiger charge is -2.32. The summed E-state index contributed by atoms with van der Waals surface area (Å²) in [4.78, 5) is 12.7. The van der Waals surface area contributed by atoms with Gasteiger partial charge in [-0.3, -0.25) is 5.10 Å². The highest BCUT2D eigenvalue weighted by molar-refractivity contribution is 6.61. The Labute approximate surface area is 656 Å². The first-order valence-corrected chi connectivity index (χ1v) is 40.7. The molecule has 2 aromatic carbocycles. The number of aromatic amines is 1. The molecule has 0 radical (unpaired) electrons. The molecule has 3 unspecified atom stereocenters. The summed E-state index contributed by atoms with van der Waals surface area (Å²) in [5, 5.41) is 29.4. The van der Waals surface area contributed by atoms with E-state index in [2.05, 4.69) is 156 Å². The van der Waals surface area contributed by atoms with Crippen molar-refractivity contribution in [3.8, 4) is 22.9 Å². The van der Waals surface area contributed by atoms with Crippen molar-refractivity contribution in [1.82, 2.24) is 54.5 Å². The highest BCUT2D eigenvalue weighted by Crippen LogP contribution is 2.41. The molecule has 24 nitrogen and oxygen atoms in total. The van der Waals surface area contributed by atoms with Crippen LogP contribution in [-0.2, 0) is 53.5 Å². The van der Waals surface area contributed by atoms with E-state index in [9.17, 15) is 4.79 Å². The summed E-state index contributed by atoms with van der Waals surface area (Å²) < 4.78 is 76.5. The number of hydrogen-bond acceptors (Lipinski definition) is 19. The average molecular weight is 1520 g/mol. The number of methoxy groups -OCH3 is 1. The van der Waals surface area contributed by atoms with Gasteiger partial charge in [0.2, 0.25) is 11.6 Å². The molecule has 0 amide bonds. The summed E-state index contributed by atoms with van der Waals surface area (Å²) in [6.45, 7) is 43.4. The summed E-state index contributed by atoms with van der Waals surface area (Å²) in [6.07, 6.45) is 24.1. The quantitative estimate of drug-likeness (QED) is 0.0584. The van der Waals surface area contributed by atoms with Crippen LogP contribution in [0.1, 0.15) is 321 Å². The first-order chi connectivity index (χ1) is 52.5. The third-order valence-electron chi connectivity index (χ3n) is 21.6. The summed E-state index contributed by atoms with van der Waals surface area (Å²) in [6, 6.07) is 25.1. The number of esters is 1. The second-order valence-electron chi connectivity index (χ2n) is 33.0. The maximum absolute atomic E-state index is 12.7. The third kappa shape index (κ3) is 24.0. The van der Waals surface area contributed by atoms with Gasteiger partial charge < -0.3 is 56.4 Å². The number of carbonyl (C=O) groups is 1. The standard InChI is InChI=1S/C36H45N5O5.C17H29BN2O3.C11H18N2O.C9H19BO3.C6H10N2.C5H8O/c1-5-44-36(42)34-35(40(39-37-34)23-25-9-17-29(43-4)18-10-25)46-30-19-15-27(16-20-30)26-11-13-28(14-12-26)32-22-31(24(2)3)38-41(32)33-8-6-7-21-45-33;1-12(2)13-11-14(18-22-16(3,4)17(5,6)23-18)20(19-13)15-9-7-8-10-21-15;1-9(2)10-6-7-13(12-10)11-5-3-4-8-14-11;1-7(2)11-10-12-8(3,4)9(5,6)13-10;1-5(2)6-3-4-7-8-6;1-2-4-6-5-3-1/h9-14,17-18,22,24,27,30,33H,5-8,15-16,19-21,23H2,1-4H3;11-12,15H,7-10H2,1-6H3;6-7,9,11H,3-5,8H2,1-2H3;7H,1-6H3;3-5H,1-2H3,(H,7,8);2,4H,1,3,5H2. The van der Waals surface area contributed by atoms with Crippen LogP contribution in [0.2, 0.25) is 0 Å². The SMILES string of the molecule is C1=COCCC1.CC(C)OB1OC(C)(C)C(C)(C)O1.CC(C)c1cc(B2OC(C)(C)C(C)(C)O2)n(C2CCCCO2)n1.CC(C)c1ccn(C2CCCCO2)n1.CC(C)c1ccn[nH]1.CCOC(=O)c1nnn(Cc2ccc(OC)cc2)c1OC1CCC(c2ccc(-c3cc(C(C)C)nn3C3CCCCO3)cc2)CC1. The zero-order valence-corrected chi connectivity index (χ0v) is 69.8. The van der Waals surface area contributed by atoms with Crippen LogP contribution in [0.4, 0.5) is 0 Å². The van der Waals surface area contributed by atoms with Crippen molar-refractivity contribution >= 4 is 26.0 Å². The van der Waals surface area contributed by atoms with E-state index in [4.69, 9.17) is 66.6 Å². The van der Waals surface area contributed by atoms with Crippen LogP contribution >= 0.6 is 0 Å². The van der Waals surface area contributed by atoms with Crippen molar-refractivity contribution < 1.29 is 61.2 Å².